The minimum atomic E-state index is -4.18. The zero-order valence-electron chi connectivity index (χ0n) is 18.3. The fourth-order valence-electron chi connectivity index (χ4n) is 3.37. The lowest BCUT2D eigenvalue weighted by molar-refractivity contribution is 0.256. The van der Waals surface area contributed by atoms with Gasteiger partial charge in [0.1, 0.15) is 15.9 Å². The number of carbonyl (C=O) groups is 1. The van der Waals surface area contributed by atoms with Crippen LogP contribution in [0.4, 0.5) is 14.9 Å². The Hall–Kier alpha value is -3.94. The lowest BCUT2D eigenvalue weighted by Gasteiger charge is -2.14. The average molecular weight is 550 g/mol. The highest BCUT2D eigenvalue weighted by atomic mass is 35.5. The quantitative estimate of drug-likeness (QED) is 0.221. The number of urea groups is 1. The van der Waals surface area contributed by atoms with E-state index in [1.54, 1.807) is 16.9 Å². The summed E-state index contributed by atoms with van der Waals surface area (Å²) >= 11 is 6.49. The molecule has 36 heavy (non-hydrogen) atoms. The van der Waals surface area contributed by atoms with E-state index in [1.165, 1.54) is 37.4 Å². The van der Waals surface area contributed by atoms with Crippen molar-refractivity contribution in [2.24, 2.45) is 10.7 Å². The topological polar surface area (TPSA) is 156 Å². The van der Waals surface area contributed by atoms with Crippen molar-refractivity contribution in [2.75, 3.05) is 12.4 Å². The van der Waals surface area contributed by atoms with E-state index < -0.39 is 33.3 Å². The molecule has 0 radical (unpaired) electrons. The number of benzene rings is 2. The van der Waals surface area contributed by atoms with Gasteiger partial charge in [0.05, 0.1) is 10.0 Å². The molecule has 0 atom stereocenters. The van der Waals surface area contributed by atoms with Crippen molar-refractivity contribution in [3.63, 3.8) is 0 Å². The van der Waals surface area contributed by atoms with Crippen molar-refractivity contribution in [3.05, 3.63) is 80.7 Å². The summed E-state index contributed by atoms with van der Waals surface area (Å²) in [6.07, 6.45) is 0. The maximum absolute atomic E-state index is 15.0. The molecule has 5 N–H and O–H groups in total. The van der Waals surface area contributed by atoms with Gasteiger partial charge in [0.25, 0.3) is 15.6 Å². The van der Waals surface area contributed by atoms with E-state index in [0.29, 0.717) is 10.9 Å². The molecule has 2 heterocycles. The van der Waals surface area contributed by atoms with Gasteiger partial charge in [0, 0.05) is 29.8 Å². The Bertz CT molecular complexity index is 1720. The van der Waals surface area contributed by atoms with E-state index >= 15 is 0 Å². The number of nitrogens with one attached hydrogen (secondary N) is 2. The molecule has 2 aromatic heterocycles. The first kappa shape index (κ1) is 25.2. The normalized spacial score (nSPS) is 12.0. The monoisotopic (exact) mass is 549 g/mol. The highest BCUT2D eigenvalue weighted by molar-refractivity contribution is 7.92. The number of rotatable bonds is 5. The molecule has 2 aromatic carbocycles. The highest BCUT2D eigenvalue weighted by Gasteiger charge is 2.21. The molecule has 0 fully saturated rings. The fraction of sp³-hybridized carbons (Fsp3) is 0.0455. The zero-order chi connectivity index (χ0) is 26.2. The number of nitrogens with two attached hydrogens (primary N) is 1. The van der Waals surface area contributed by atoms with Crippen LogP contribution in [0.2, 0.25) is 4.34 Å². The number of aromatic nitrogens is 1. The van der Waals surface area contributed by atoms with Crippen LogP contribution in [-0.4, -0.2) is 37.0 Å². The molecular weight excluding hydrogens is 533 g/mol. The smallest absolute Gasteiger partial charge is 0.333 e. The van der Waals surface area contributed by atoms with Crippen LogP contribution in [0.3, 0.4) is 0 Å². The van der Waals surface area contributed by atoms with E-state index in [0.717, 1.165) is 28.0 Å². The third-order valence-electron chi connectivity index (χ3n) is 5.03. The summed E-state index contributed by atoms with van der Waals surface area (Å²) in [6, 6.07) is 10.6. The van der Waals surface area contributed by atoms with Gasteiger partial charge in [-0.25, -0.2) is 26.9 Å². The predicted molar refractivity (Wildman–Crippen MR) is 136 cm³/mol. The number of aliphatic imine (C=N–C) groups is 1. The summed E-state index contributed by atoms with van der Waals surface area (Å²) in [4.78, 5) is 28.8. The number of thiophene rings is 1. The van der Waals surface area contributed by atoms with Gasteiger partial charge in [-0.15, -0.1) is 11.3 Å². The largest absolute Gasteiger partial charge is 0.494 e. The number of hydrogen-bond donors (Lipinski definition) is 4. The summed E-state index contributed by atoms with van der Waals surface area (Å²) in [6.45, 7) is 0. The van der Waals surface area contributed by atoms with E-state index in [2.05, 4.69) is 10.3 Å². The molecule has 0 saturated heterocycles. The van der Waals surface area contributed by atoms with Gasteiger partial charge in [-0.3, -0.25) is 9.79 Å². The van der Waals surface area contributed by atoms with Crippen molar-refractivity contribution >= 4 is 61.3 Å². The Morgan fingerprint density at radius 1 is 1.17 bits per heavy atom. The second kappa shape index (κ2) is 9.60. The molecule has 0 aliphatic rings. The number of pyridine rings is 1. The van der Waals surface area contributed by atoms with Gasteiger partial charge in [-0.05, 0) is 47.9 Å². The molecule has 10 nitrogen and oxygen atoms in total. The first-order valence-corrected chi connectivity index (χ1v) is 12.7. The van der Waals surface area contributed by atoms with Gasteiger partial charge in [-0.1, -0.05) is 17.7 Å². The van der Waals surface area contributed by atoms with E-state index in [4.69, 9.17) is 17.3 Å². The molecule has 0 aliphatic heterocycles. The summed E-state index contributed by atoms with van der Waals surface area (Å²) in [5, 5.41) is 13.6. The number of anilines is 1. The standard InChI is InChI=1S/C22H17ClFN5O5S2/c1-26-20(25)11-2-4-14-12(8-11)9-18(30)29(21(14)31)16-5-3-13(10-15(16)24)27-22(32)28-36(33,34)19-7-6-17(23)35-19/h2-10,31H,1H3,(H2,25,26)(H2,27,28,32). The summed E-state index contributed by atoms with van der Waals surface area (Å²) in [5.41, 5.74) is 5.24. The molecule has 0 saturated carbocycles. The van der Waals surface area contributed by atoms with Crippen molar-refractivity contribution in [2.45, 2.75) is 4.21 Å². The van der Waals surface area contributed by atoms with Crippen LogP contribution in [0.15, 0.2) is 68.6 Å². The van der Waals surface area contributed by atoms with Crippen molar-refractivity contribution in [1.29, 1.82) is 0 Å². The SMILES string of the molecule is CN=C(N)c1ccc2c(O)n(-c3ccc(NC(=O)NS(=O)(=O)c4ccc(Cl)s4)cc3F)c(=O)cc2c1. The van der Waals surface area contributed by atoms with Crippen LogP contribution in [0.5, 0.6) is 5.88 Å². The maximum Gasteiger partial charge on any atom is 0.333 e. The number of sulfonamides is 1. The van der Waals surface area contributed by atoms with Gasteiger partial charge < -0.3 is 16.2 Å². The van der Waals surface area contributed by atoms with Crippen molar-refractivity contribution in [1.82, 2.24) is 9.29 Å². The Kier molecular flexibility index (Phi) is 6.71. The van der Waals surface area contributed by atoms with Gasteiger partial charge in [0.15, 0.2) is 0 Å². The van der Waals surface area contributed by atoms with Crippen LogP contribution >= 0.6 is 22.9 Å². The van der Waals surface area contributed by atoms with Gasteiger partial charge in [-0.2, -0.15) is 0 Å². The van der Waals surface area contributed by atoms with Crippen molar-refractivity contribution in [3.8, 4) is 11.6 Å². The van der Waals surface area contributed by atoms with Crippen LogP contribution in [0.25, 0.3) is 16.5 Å². The third-order valence-corrected chi connectivity index (χ3v) is 8.08. The Morgan fingerprint density at radius 3 is 2.56 bits per heavy atom. The zero-order valence-corrected chi connectivity index (χ0v) is 20.7. The molecule has 0 unspecified atom stereocenters. The minimum absolute atomic E-state index is 0.0968. The Morgan fingerprint density at radius 2 is 1.92 bits per heavy atom. The van der Waals surface area contributed by atoms with Crippen LogP contribution in [0, 0.1) is 5.82 Å². The van der Waals surface area contributed by atoms with Gasteiger partial charge in [0.2, 0.25) is 5.88 Å². The Balaban J connectivity index is 1.62. The van der Waals surface area contributed by atoms with Crippen molar-refractivity contribution < 1.29 is 22.7 Å². The molecule has 186 valence electrons. The third kappa shape index (κ3) is 4.89. The second-order valence-electron chi connectivity index (χ2n) is 7.34. The highest BCUT2D eigenvalue weighted by Crippen LogP contribution is 2.28. The number of aromatic hydroxyl groups is 1. The number of fused-ring (bicyclic) bond motifs is 1. The molecular formula is C22H17ClFN5O5S2. The molecule has 2 amide bonds. The van der Waals surface area contributed by atoms with E-state index in [-0.39, 0.29) is 31.1 Å². The number of nitrogens with zero attached hydrogens (tertiary/aromatic N) is 2. The lowest BCUT2D eigenvalue weighted by atomic mass is 10.1. The van der Waals surface area contributed by atoms with Crippen LogP contribution in [-0.2, 0) is 10.0 Å². The number of amidine groups is 1. The molecule has 0 aliphatic carbocycles. The van der Waals surface area contributed by atoms with E-state index in [1.807, 2.05) is 0 Å². The molecule has 4 aromatic rings. The molecule has 0 spiro atoms. The average Bonchev–Trinajstić information content (AvgIpc) is 3.26. The Labute approximate surface area is 212 Å². The van der Waals surface area contributed by atoms with E-state index in [9.17, 15) is 27.5 Å². The summed E-state index contributed by atoms with van der Waals surface area (Å²) in [7, 11) is -2.67. The molecule has 4 rings (SSSR count). The second-order valence-corrected chi connectivity index (χ2v) is 11.0. The first-order valence-electron chi connectivity index (χ1n) is 10.0. The number of carbonyl (C=O) groups excluding carboxylic acids is 1. The minimum Gasteiger partial charge on any atom is -0.494 e. The van der Waals surface area contributed by atoms with Crippen LogP contribution in [0.1, 0.15) is 5.56 Å². The lowest BCUT2D eigenvalue weighted by Crippen LogP contribution is -2.34. The first-order chi connectivity index (χ1) is 17.0. The number of halogens is 2. The summed E-state index contributed by atoms with van der Waals surface area (Å²) in [5.74, 6) is -1.23. The number of hydrogen-bond acceptors (Lipinski definition) is 7. The van der Waals surface area contributed by atoms with Gasteiger partial charge >= 0.3 is 6.03 Å². The maximum atomic E-state index is 15.0. The van der Waals surface area contributed by atoms with Crippen LogP contribution < -0.4 is 21.3 Å². The number of amides is 2. The molecule has 14 heteroatoms. The predicted octanol–water partition coefficient (Wildman–Crippen LogP) is 3.40. The fourth-order valence-corrected chi connectivity index (χ4v) is 5.76. The molecule has 0 bridgehead atoms. The summed E-state index contributed by atoms with van der Waals surface area (Å²) < 4.78 is 42.0.